The van der Waals surface area contributed by atoms with Gasteiger partial charge in [0.15, 0.2) is 0 Å². The van der Waals surface area contributed by atoms with E-state index in [0.29, 0.717) is 6.61 Å². The molecule has 1 fully saturated rings. The van der Waals surface area contributed by atoms with Gasteiger partial charge in [-0.05, 0) is 83.8 Å². The summed E-state index contributed by atoms with van der Waals surface area (Å²) in [5.41, 5.74) is -0.728. The van der Waals surface area contributed by atoms with Crippen molar-refractivity contribution in [1.82, 2.24) is 0 Å². The second-order valence-corrected chi connectivity index (χ2v) is 7.98. The molecule has 0 aromatic heterocycles. The van der Waals surface area contributed by atoms with E-state index in [-0.39, 0.29) is 23.1 Å². The van der Waals surface area contributed by atoms with Gasteiger partial charge in [0.05, 0.1) is 6.10 Å². The summed E-state index contributed by atoms with van der Waals surface area (Å²) in [6.07, 6.45) is 3.80. The molecule has 2 aromatic rings. The first-order valence-corrected chi connectivity index (χ1v) is 9.97. The molecule has 0 saturated heterocycles. The minimum atomic E-state index is -3.84. The van der Waals surface area contributed by atoms with Gasteiger partial charge in [-0.1, -0.05) is 12.1 Å². The van der Waals surface area contributed by atoms with Crippen molar-refractivity contribution in [3.8, 4) is 11.1 Å². The van der Waals surface area contributed by atoms with E-state index in [1.54, 1.807) is 6.07 Å². The van der Waals surface area contributed by atoms with Crippen LogP contribution in [0, 0.1) is 17.5 Å². The maximum atomic E-state index is 14.7. The molecule has 1 saturated carbocycles. The minimum Gasteiger partial charge on any atom is -0.379 e. The lowest BCUT2D eigenvalue weighted by Crippen LogP contribution is -2.20. The number of halogens is 6. The van der Waals surface area contributed by atoms with E-state index in [1.165, 1.54) is 12.1 Å². The lowest BCUT2D eigenvalue weighted by atomic mass is 9.82. The molecule has 0 N–H and O–H groups in total. The van der Waals surface area contributed by atoms with Crippen LogP contribution in [0.3, 0.4) is 0 Å². The number of hydrogen-bond donors (Lipinski definition) is 0. The summed E-state index contributed by atoms with van der Waals surface area (Å²) in [6.45, 7) is 2.63. The molecular formula is C21H20BrF5O. The normalized spacial score (nSPS) is 20.4. The maximum Gasteiger partial charge on any atom is 0.332 e. The van der Waals surface area contributed by atoms with Gasteiger partial charge in [0.2, 0.25) is 0 Å². The third-order valence-corrected chi connectivity index (χ3v) is 5.57. The summed E-state index contributed by atoms with van der Waals surface area (Å²) in [5, 5.41) is 0. The SMILES string of the molecule is CCOC1CCC(c2ccc(-c3cc(F)c(C(F)(F)Br)c(F)c3)c(F)c2)CC1. The first-order valence-electron chi connectivity index (χ1n) is 9.18. The molecule has 0 amide bonds. The van der Waals surface area contributed by atoms with Gasteiger partial charge in [0.25, 0.3) is 0 Å². The Balaban J connectivity index is 1.84. The van der Waals surface area contributed by atoms with Gasteiger partial charge in [-0.15, -0.1) is 0 Å². The quantitative estimate of drug-likeness (QED) is 0.335. The van der Waals surface area contributed by atoms with E-state index in [1.807, 2.05) is 22.9 Å². The molecule has 2 aromatic carbocycles. The lowest BCUT2D eigenvalue weighted by Gasteiger charge is -2.28. The molecule has 0 aliphatic heterocycles. The highest BCUT2D eigenvalue weighted by Crippen LogP contribution is 2.40. The topological polar surface area (TPSA) is 9.23 Å². The standard InChI is InChI=1S/C21H20BrF5O/c1-2-28-15-6-3-12(4-7-15)13-5-8-16(17(23)9-13)14-10-18(24)20(19(25)11-14)21(22,26)27/h5,8-12,15H,2-4,6-7H2,1H3. The Labute approximate surface area is 169 Å². The third kappa shape index (κ3) is 4.57. The van der Waals surface area contributed by atoms with Gasteiger partial charge in [-0.25, -0.2) is 13.2 Å². The Morgan fingerprint density at radius 3 is 2.07 bits per heavy atom. The molecule has 28 heavy (non-hydrogen) atoms. The zero-order valence-corrected chi connectivity index (χ0v) is 16.8. The predicted octanol–water partition coefficient (Wildman–Crippen LogP) is 7.28. The van der Waals surface area contributed by atoms with E-state index in [2.05, 4.69) is 0 Å². The zero-order valence-electron chi connectivity index (χ0n) is 15.3. The first-order chi connectivity index (χ1) is 13.2. The van der Waals surface area contributed by atoms with Crippen molar-refractivity contribution in [3.05, 3.63) is 58.9 Å². The average molecular weight is 463 g/mol. The van der Waals surface area contributed by atoms with Crippen LogP contribution in [0.25, 0.3) is 11.1 Å². The Morgan fingerprint density at radius 2 is 1.57 bits per heavy atom. The van der Waals surface area contributed by atoms with Crippen molar-refractivity contribution in [2.45, 2.75) is 49.5 Å². The fraction of sp³-hybridized carbons (Fsp3) is 0.429. The van der Waals surface area contributed by atoms with Crippen LogP contribution in [-0.2, 0) is 9.57 Å². The molecule has 152 valence electrons. The Bertz CT molecular complexity index is 818. The van der Waals surface area contributed by atoms with E-state index >= 15 is 0 Å². The average Bonchev–Trinajstić information content (AvgIpc) is 2.60. The highest BCUT2D eigenvalue weighted by Gasteiger charge is 2.35. The van der Waals surface area contributed by atoms with Crippen LogP contribution >= 0.6 is 15.9 Å². The third-order valence-electron chi connectivity index (χ3n) is 5.18. The van der Waals surface area contributed by atoms with Gasteiger partial charge >= 0.3 is 4.83 Å². The number of alkyl halides is 3. The summed E-state index contributed by atoms with van der Waals surface area (Å²) in [5.74, 6) is -3.31. The molecule has 0 unspecified atom stereocenters. The minimum absolute atomic E-state index is 0.0333. The molecule has 0 bridgehead atoms. The van der Waals surface area contributed by atoms with Crippen molar-refractivity contribution in [3.63, 3.8) is 0 Å². The number of ether oxygens (including phenoxy) is 1. The van der Waals surface area contributed by atoms with Gasteiger partial charge in [-0.2, -0.15) is 8.78 Å². The largest absolute Gasteiger partial charge is 0.379 e. The van der Waals surface area contributed by atoms with Crippen LogP contribution in [-0.4, -0.2) is 12.7 Å². The van der Waals surface area contributed by atoms with Crippen LogP contribution in [0.15, 0.2) is 30.3 Å². The Morgan fingerprint density at radius 1 is 0.964 bits per heavy atom. The number of benzene rings is 2. The highest BCUT2D eigenvalue weighted by molar-refractivity contribution is 9.09. The Hall–Kier alpha value is -1.47. The second kappa shape index (κ2) is 8.49. The zero-order chi connectivity index (χ0) is 20.5. The summed E-state index contributed by atoms with van der Waals surface area (Å²) >= 11 is 1.95. The summed E-state index contributed by atoms with van der Waals surface area (Å²) < 4.78 is 74.9. The van der Waals surface area contributed by atoms with Crippen LogP contribution in [0.5, 0.6) is 0 Å². The first kappa shape index (κ1) is 21.2. The highest BCUT2D eigenvalue weighted by atomic mass is 79.9. The van der Waals surface area contributed by atoms with Gasteiger partial charge < -0.3 is 4.74 Å². The monoisotopic (exact) mass is 462 g/mol. The molecule has 0 atom stereocenters. The smallest absolute Gasteiger partial charge is 0.332 e. The van der Waals surface area contributed by atoms with Crippen molar-refractivity contribution < 1.29 is 26.7 Å². The Kier molecular flexibility index (Phi) is 6.44. The van der Waals surface area contributed by atoms with Gasteiger partial charge in [-0.3, -0.25) is 0 Å². The fourth-order valence-corrected chi connectivity index (χ4v) is 4.20. The second-order valence-electron chi connectivity index (χ2n) is 6.98. The molecule has 3 rings (SSSR count). The van der Waals surface area contributed by atoms with E-state index in [9.17, 15) is 22.0 Å². The van der Waals surface area contributed by atoms with Gasteiger partial charge in [0.1, 0.15) is 23.0 Å². The maximum absolute atomic E-state index is 14.7. The van der Waals surface area contributed by atoms with Crippen molar-refractivity contribution in [2.24, 2.45) is 0 Å². The van der Waals surface area contributed by atoms with Crippen LogP contribution in [0.1, 0.15) is 49.7 Å². The van der Waals surface area contributed by atoms with E-state index in [4.69, 9.17) is 4.74 Å². The molecule has 7 heteroatoms. The molecule has 0 heterocycles. The lowest BCUT2D eigenvalue weighted by molar-refractivity contribution is 0.0328. The molecular weight excluding hydrogens is 443 g/mol. The molecule has 0 radical (unpaired) electrons. The van der Waals surface area contributed by atoms with E-state index < -0.39 is 27.8 Å². The van der Waals surface area contributed by atoms with Crippen LogP contribution in [0.2, 0.25) is 0 Å². The molecule has 1 aliphatic carbocycles. The van der Waals surface area contributed by atoms with Crippen LogP contribution in [0.4, 0.5) is 22.0 Å². The fourth-order valence-electron chi connectivity index (χ4n) is 3.82. The van der Waals surface area contributed by atoms with Crippen molar-refractivity contribution in [1.29, 1.82) is 0 Å². The van der Waals surface area contributed by atoms with E-state index in [0.717, 1.165) is 43.4 Å². The summed E-state index contributed by atoms with van der Waals surface area (Å²) in [4.78, 5) is -3.84. The number of rotatable bonds is 5. The van der Waals surface area contributed by atoms with Crippen molar-refractivity contribution >= 4 is 15.9 Å². The van der Waals surface area contributed by atoms with Gasteiger partial charge in [0, 0.05) is 12.2 Å². The molecule has 0 spiro atoms. The summed E-state index contributed by atoms with van der Waals surface area (Å²) in [6, 6.07) is 5.98. The molecule has 1 aliphatic rings. The van der Waals surface area contributed by atoms with Crippen LogP contribution < -0.4 is 0 Å². The number of hydrogen-bond acceptors (Lipinski definition) is 1. The predicted molar refractivity (Wildman–Crippen MR) is 101 cm³/mol. The molecule has 1 nitrogen and oxygen atoms in total. The van der Waals surface area contributed by atoms with Crippen molar-refractivity contribution in [2.75, 3.05) is 6.61 Å². The summed E-state index contributed by atoms with van der Waals surface area (Å²) in [7, 11) is 0.